The van der Waals surface area contributed by atoms with Gasteiger partial charge >= 0.3 is 6.18 Å². The van der Waals surface area contributed by atoms with Gasteiger partial charge in [0.05, 0.1) is 29.3 Å². The van der Waals surface area contributed by atoms with Crippen molar-refractivity contribution in [3.8, 4) is 17.1 Å². The number of nitrogens with two attached hydrogens (primary N) is 2. The minimum Gasteiger partial charge on any atom is -0.496 e. The minimum atomic E-state index is -4.49. The number of guanidine groups is 1. The normalized spacial score (nSPS) is 11.5. The van der Waals surface area contributed by atoms with E-state index in [1.54, 1.807) is 22.8 Å². The maximum atomic E-state index is 13.2. The minimum absolute atomic E-state index is 0.137. The van der Waals surface area contributed by atoms with Crippen molar-refractivity contribution in [2.45, 2.75) is 32.0 Å². The van der Waals surface area contributed by atoms with Crippen LogP contribution in [0.4, 0.5) is 13.2 Å². The molecule has 0 saturated carbocycles. The van der Waals surface area contributed by atoms with Gasteiger partial charge in [-0.25, -0.2) is 4.98 Å². The Labute approximate surface area is 186 Å². The topological polar surface area (TPSA) is 109 Å². The van der Waals surface area contributed by atoms with E-state index in [1.165, 1.54) is 13.2 Å². The first-order valence-electron chi connectivity index (χ1n) is 9.64. The maximum Gasteiger partial charge on any atom is 0.416 e. The van der Waals surface area contributed by atoms with E-state index in [4.69, 9.17) is 27.8 Å². The molecule has 7 nitrogen and oxygen atoms in total. The number of aryl methyl sites for hydroxylation is 1. The van der Waals surface area contributed by atoms with Gasteiger partial charge in [-0.3, -0.25) is 4.79 Å². The number of imidazole rings is 1. The molecule has 1 heterocycles. The molecule has 0 unspecified atom stereocenters. The number of carbonyl (C=O) groups is 1. The highest BCUT2D eigenvalue weighted by atomic mass is 35.5. The summed E-state index contributed by atoms with van der Waals surface area (Å²) >= 11 is 6.15. The van der Waals surface area contributed by atoms with Gasteiger partial charge in [-0.1, -0.05) is 11.6 Å². The molecule has 0 radical (unpaired) electrons. The number of aliphatic imine (C=N–C) groups is 1. The fourth-order valence-electron chi connectivity index (χ4n) is 3.34. The van der Waals surface area contributed by atoms with Crippen LogP contribution in [0.5, 0.6) is 5.75 Å². The van der Waals surface area contributed by atoms with E-state index in [0.29, 0.717) is 47.1 Å². The van der Waals surface area contributed by atoms with Crippen LogP contribution >= 0.6 is 11.6 Å². The Bertz CT molecular complexity index is 1170. The predicted molar refractivity (Wildman–Crippen MR) is 116 cm³/mol. The Hall–Kier alpha value is -3.27. The van der Waals surface area contributed by atoms with Gasteiger partial charge in [-0.2, -0.15) is 18.2 Å². The van der Waals surface area contributed by atoms with Gasteiger partial charge in [0.15, 0.2) is 5.96 Å². The van der Waals surface area contributed by atoms with Crippen LogP contribution in [-0.4, -0.2) is 28.5 Å². The molecular formula is C21H21ClF3N5O2. The molecule has 4 N–H and O–H groups in total. The molecule has 3 rings (SSSR count). The summed E-state index contributed by atoms with van der Waals surface area (Å²) in [5.41, 5.74) is 10.9. The Kier molecular flexibility index (Phi) is 6.93. The van der Waals surface area contributed by atoms with Crippen molar-refractivity contribution in [3.05, 3.63) is 47.0 Å². The van der Waals surface area contributed by atoms with E-state index >= 15 is 0 Å². The number of benzene rings is 2. The molecule has 0 atom stereocenters. The van der Waals surface area contributed by atoms with Crippen LogP contribution in [0, 0.1) is 0 Å². The Morgan fingerprint density at radius 2 is 1.94 bits per heavy atom. The van der Waals surface area contributed by atoms with E-state index < -0.39 is 17.6 Å². The Morgan fingerprint density at radius 1 is 1.19 bits per heavy atom. The number of fused-ring (bicyclic) bond motifs is 1. The van der Waals surface area contributed by atoms with Crippen LogP contribution in [0.2, 0.25) is 5.02 Å². The first-order valence-corrected chi connectivity index (χ1v) is 10.0. The second kappa shape index (κ2) is 9.47. The van der Waals surface area contributed by atoms with Crippen LogP contribution < -0.4 is 16.2 Å². The van der Waals surface area contributed by atoms with E-state index in [9.17, 15) is 18.0 Å². The Balaban J connectivity index is 2.00. The molecule has 0 aliphatic heterocycles. The van der Waals surface area contributed by atoms with E-state index in [-0.39, 0.29) is 17.9 Å². The number of hydrogen-bond donors (Lipinski definition) is 2. The average molecular weight is 468 g/mol. The van der Waals surface area contributed by atoms with Crippen LogP contribution in [-0.2, 0) is 17.5 Å². The molecule has 0 aliphatic rings. The smallest absolute Gasteiger partial charge is 0.416 e. The summed E-state index contributed by atoms with van der Waals surface area (Å²) < 4.78 is 46.8. The number of unbranched alkanes of at least 4 members (excludes halogenated alkanes) is 1. The molecule has 0 bridgehead atoms. The van der Waals surface area contributed by atoms with Crippen molar-refractivity contribution in [1.82, 2.24) is 9.55 Å². The SMILES string of the molecule is COc1ccc(Cl)cc1-c1nc2cc(C(F)(F)F)ccc2n1CCCCC(=O)N=C(N)N. The van der Waals surface area contributed by atoms with Gasteiger partial charge in [0, 0.05) is 18.0 Å². The lowest BCUT2D eigenvalue weighted by molar-refractivity contribution is -0.137. The van der Waals surface area contributed by atoms with Crippen molar-refractivity contribution in [3.63, 3.8) is 0 Å². The number of hydrogen-bond acceptors (Lipinski definition) is 3. The average Bonchev–Trinajstić information content (AvgIpc) is 3.07. The highest BCUT2D eigenvalue weighted by Gasteiger charge is 2.31. The monoisotopic (exact) mass is 467 g/mol. The largest absolute Gasteiger partial charge is 0.496 e. The van der Waals surface area contributed by atoms with Gasteiger partial charge in [0.2, 0.25) is 5.91 Å². The van der Waals surface area contributed by atoms with Crippen LogP contribution in [0.15, 0.2) is 41.4 Å². The van der Waals surface area contributed by atoms with Crippen LogP contribution in [0.25, 0.3) is 22.4 Å². The van der Waals surface area contributed by atoms with Crippen molar-refractivity contribution in [1.29, 1.82) is 0 Å². The quantitative estimate of drug-likeness (QED) is 0.305. The number of carbonyl (C=O) groups excluding carboxylic acids is 1. The summed E-state index contributed by atoms with van der Waals surface area (Å²) in [6.45, 7) is 0.391. The van der Waals surface area contributed by atoms with E-state index in [1.807, 2.05) is 0 Å². The van der Waals surface area contributed by atoms with Gasteiger partial charge in [0.1, 0.15) is 11.6 Å². The lowest BCUT2D eigenvalue weighted by Gasteiger charge is -2.12. The number of amides is 1. The number of halogens is 4. The third-order valence-electron chi connectivity index (χ3n) is 4.75. The number of methoxy groups -OCH3 is 1. The lowest BCUT2D eigenvalue weighted by Crippen LogP contribution is -2.24. The molecule has 11 heteroatoms. The van der Waals surface area contributed by atoms with Crippen molar-refractivity contribution >= 4 is 34.5 Å². The number of rotatable bonds is 7. The zero-order valence-corrected chi connectivity index (χ0v) is 17.9. The number of nitrogens with zero attached hydrogens (tertiary/aromatic N) is 3. The molecule has 0 spiro atoms. The lowest BCUT2D eigenvalue weighted by atomic mass is 10.1. The van der Waals surface area contributed by atoms with Gasteiger partial charge in [0.25, 0.3) is 0 Å². The van der Waals surface area contributed by atoms with E-state index in [0.717, 1.165) is 12.1 Å². The molecule has 1 aromatic heterocycles. The number of alkyl halides is 3. The second-order valence-corrected chi connectivity index (χ2v) is 7.46. The summed E-state index contributed by atoms with van der Waals surface area (Å²) in [5.74, 6) is 0.151. The first kappa shape index (κ1) is 23.4. The summed E-state index contributed by atoms with van der Waals surface area (Å²) in [6, 6.07) is 8.36. The second-order valence-electron chi connectivity index (χ2n) is 7.02. The van der Waals surface area contributed by atoms with Gasteiger partial charge < -0.3 is 20.8 Å². The summed E-state index contributed by atoms with van der Waals surface area (Å²) in [6.07, 6.45) is -3.34. The first-order chi connectivity index (χ1) is 15.1. The molecular weight excluding hydrogens is 447 g/mol. The highest BCUT2D eigenvalue weighted by molar-refractivity contribution is 6.31. The number of ether oxygens (including phenoxy) is 1. The molecule has 2 aromatic carbocycles. The third-order valence-corrected chi connectivity index (χ3v) is 4.99. The molecule has 0 aliphatic carbocycles. The number of aromatic nitrogens is 2. The predicted octanol–water partition coefficient (Wildman–Crippen LogP) is 4.35. The zero-order valence-electron chi connectivity index (χ0n) is 17.1. The fourth-order valence-corrected chi connectivity index (χ4v) is 3.51. The standard InChI is InChI=1S/C21H21ClF3N5O2/c1-32-17-8-6-13(22)11-14(17)19-28-15-10-12(21(23,24)25)5-7-16(15)30(19)9-3-2-4-18(31)29-20(26)27/h5-8,10-11H,2-4,9H2,1H3,(H4,26,27,29,31). The summed E-state index contributed by atoms with van der Waals surface area (Å²) in [5, 5.41) is 0.429. The molecule has 0 fully saturated rings. The maximum absolute atomic E-state index is 13.2. The van der Waals surface area contributed by atoms with Crippen LogP contribution in [0.3, 0.4) is 0 Å². The van der Waals surface area contributed by atoms with Gasteiger partial charge in [-0.15, -0.1) is 0 Å². The molecule has 0 saturated heterocycles. The van der Waals surface area contributed by atoms with E-state index in [2.05, 4.69) is 9.98 Å². The highest BCUT2D eigenvalue weighted by Crippen LogP contribution is 2.36. The summed E-state index contributed by atoms with van der Waals surface area (Å²) in [4.78, 5) is 19.6. The summed E-state index contributed by atoms with van der Waals surface area (Å²) in [7, 11) is 1.48. The molecule has 1 amide bonds. The zero-order chi connectivity index (χ0) is 23.5. The molecule has 170 valence electrons. The third kappa shape index (κ3) is 5.31. The van der Waals surface area contributed by atoms with Crippen molar-refractivity contribution in [2.24, 2.45) is 16.5 Å². The fraction of sp³-hybridized carbons (Fsp3) is 0.286. The molecule has 3 aromatic rings. The molecule has 32 heavy (non-hydrogen) atoms. The van der Waals surface area contributed by atoms with Crippen molar-refractivity contribution in [2.75, 3.05) is 7.11 Å². The van der Waals surface area contributed by atoms with Crippen molar-refractivity contribution < 1.29 is 22.7 Å². The van der Waals surface area contributed by atoms with Crippen LogP contribution in [0.1, 0.15) is 24.8 Å². The Morgan fingerprint density at radius 3 is 2.59 bits per heavy atom. The van der Waals surface area contributed by atoms with Gasteiger partial charge in [-0.05, 0) is 49.2 Å².